The first-order valence-corrected chi connectivity index (χ1v) is 11.9. The molecule has 1 saturated heterocycles. The van der Waals surface area contributed by atoms with Gasteiger partial charge >= 0.3 is 0 Å². The van der Waals surface area contributed by atoms with Gasteiger partial charge in [0.2, 0.25) is 5.91 Å². The Morgan fingerprint density at radius 2 is 2.10 bits per heavy atom. The molecule has 0 radical (unpaired) electrons. The smallest absolute Gasteiger partial charge is 0.259 e. The fraction of sp³-hybridized carbons (Fsp3) is 0.682. The van der Waals surface area contributed by atoms with Gasteiger partial charge in [0.1, 0.15) is 10.7 Å². The van der Waals surface area contributed by atoms with Crippen LogP contribution in [-0.4, -0.2) is 59.7 Å². The van der Waals surface area contributed by atoms with E-state index in [1.165, 1.54) is 10.4 Å². The first kappa shape index (κ1) is 21.5. The molecule has 164 valence electrons. The summed E-state index contributed by atoms with van der Waals surface area (Å²) in [6, 6.07) is 0.334. The minimum atomic E-state index is -0.0564. The van der Waals surface area contributed by atoms with Crippen molar-refractivity contribution in [2.45, 2.75) is 58.4 Å². The molecule has 1 amide bonds. The molecular formula is C22H32N4O3S. The van der Waals surface area contributed by atoms with Crippen molar-refractivity contribution in [2.75, 3.05) is 32.8 Å². The van der Waals surface area contributed by atoms with Crippen molar-refractivity contribution in [3.63, 3.8) is 0 Å². The Labute approximate surface area is 181 Å². The molecule has 3 heterocycles. The molecular weight excluding hydrogens is 400 g/mol. The molecule has 8 heteroatoms. The quantitative estimate of drug-likeness (QED) is 0.668. The number of carbonyl (C=O) groups excluding carboxylic acids is 1. The van der Waals surface area contributed by atoms with Crippen molar-refractivity contribution < 1.29 is 9.53 Å². The van der Waals surface area contributed by atoms with Crippen molar-refractivity contribution in [1.82, 2.24) is 20.2 Å². The number of amides is 1. The Kier molecular flexibility index (Phi) is 6.85. The summed E-state index contributed by atoms with van der Waals surface area (Å²) >= 11 is 1.64. The van der Waals surface area contributed by atoms with E-state index in [1.807, 2.05) is 0 Å². The van der Waals surface area contributed by atoms with Gasteiger partial charge in [0.15, 0.2) is 0 Å². The highest BCUT2D eigenvalue weighted by molar-refractivity contribution is 7.18. The van der Waals surface area contributed by atoms with Gasteiger partial charge < -0.3 is 15.0 Å². The molecule has 0 saturated carbocycles. The lowest BCUT2D eigenvalue weighted by Crippen LogP contribution is -2.49. The minimum absolute atomic E-state index is 0.00781. The number of aromatic amines is 1. The number of aryl methyl sites for hydroxylation is 3. The Hall–Kier alpha value is -1.77. The maximum atomic E-state index is 12.6. The predicted molar refractivity (Wildman–Crippen MR) is 119 cm³/mol. The summed E-state index contributed by atoms with van der Waals surface area (Å²) in [7, 11) is 0. The van der Waals surface area contributed by atoms with Crippen LogP contribution in [-0.2, 0) is 28.8 Å². The normalized spacial score (nSPS) is 18.1. The van der Waals surface area contributed by atoms with Crippen LogP contribution in [0.15, 0.2) is 4.79 Å². The molecule has 7 nitrogen and oxygen atoms in total. The summed E-state index contributed by atoms with van der Waals surface area (Å²) in [5.74, 6) is 1.19. The summed E-state index contributed by atoms with van der Waals surface area (Å²) in [5.41, 5.74) is 1.13. The van der Waals surface area contributed by atoms with Crippen molar-refractivity contribution in [2.24, 2.45) is 5.92 Å². The first-order valence-electron chi connectivity index (χ1n) is 11.1. The zero-order valence-electron chi connectivity index (χ0n) is 18.0. The minimum Gasteiger partial charge on any atom is -0.379 e. The van der Waals surface area contributed by atoms with Gasteiger partial charge in [-0.1, -0.05) is 13.8 Å². The van der Waals surface area contributed by atoms with E-state index < -0.39 is 0 Å². The van der Waals surface area contributed by atoms with Crippen LogP contribution >= 0.6 is 11.3 Å². The summed E-state index contributed by atoms with van der Waals surface area (Å²) in [5, 5.41) is 3.87. The van der Waals surface area contributed by atoms with E-state index in [9.17, 15) is 9.59 Å². The Morgan fingerprint density at radius 1 is 1.30 bits per heavy atom. The average molecular weight is 433 g/mol. The third-order valence-corrected chi connectivity index (χ3v) is 7.24. The van der Waals surface area contributed by atoms with Crippen LogP contribution in [0.3, 0.4) is 0 Å². The third-order valence-electron chi connectivity index (χ3n) is 6.05. The second kappa shape index (κ2) is 9.58. The standard InChI is InChI=1S/C22H32N4O3S/c1-14(2)12-15(26-8-10-29-11-9-26)13-23-19(27)7-6-18-24-21(28)20-16-4-3-5-17(16)30-22(20)25-18/h14-15H,3-13H2,1-2H3,(H,23,27)(H,24,25,28). The van der Waals surface area contributed by atoms with Crippen molar-refractivity contribution in [3.05, 3.63) is 26.6 Å². The highest BCUT2D eigenvalue weighted by atomic mass is 32.1. The largest absolute Gasteiger partial charge is 0.379 e. The van der Waals surface area contributed by atoms with Crippen molar-refractivity contribution in [1.29, 1.82) is 0 Å². The topological polar surface area (TPSA) is 87.3 Å². The second-order valence-corrected chi connectivity index (χ2v) is 9.87. The maximum absolute atomic E-state index is 12.6. The number of H-pyrrole nitrogens is 1. The van der Waals surface area contributed by atoms with Crippen LogP contribution in [0.5, 0.6) is 0 Å². The number of aromatic nitrogens is 2. The van der Waals surface area contributed by atoms with Gasteiger partial charge in [-0.2, -0.15) is 0 Å². The molecule has 0 bridgehead atoms. The fourth-order valence-electron chi connectivity index (χ4n) is 4.57. The molecule has 1 unspecified atom stereocenters. The molecule has 30 heavy (non-hydrogen) atoms. The number of nitrogens with zero attached hydrogens (tertiary/aromatic N) is 2. The highest BCUT2D eigenvalue weighted by Gasteiger charge is 2.23. The summed E-state index contributed by atoms with van der Waals surface area (Å²) in [4.78, 5) is 37.1. The molecule has 2 N–H and O–H groups in total. The first-order chi connectivity index (χ1) is 14.5. The molecule has 0 aromatic carbocycles. The summed E-state index contributed by atoms with van der Waals surface area (Å²) in [6.45, 7) is 8.44. The van der Waals surface area contributed by atoms with E-state index in [-0.39, 0.29) is 11.5 Å². The second-order valence-electron chi connectivity index (χ2n) is 8.79. The molecule has 2 aromatic rings. The van der Waals surface area contributed by atoms with Crippen LogP contribution in [0.25, 0.3) is 10.2 Å². The molecule has 1 aliphatic carbocycles. The molecule has 4 rings (SSSR count). The van der Waals surface area contributed by atoms with E-state index in [4.69, 9.17) is 4.74 Å². The van der Waals surface area contributed by atoms with Gasteiger partial charge in [0.05, 0.1) is 18.6 Å². The molecule has 1 atom stereocenters. The molecule has 1 fully saturated rings. The van der Waals surface area contributed by atoms with E-state index in [2.05, 4.69) is 34.0 Å². The number of hydrogen-bond acceptors (Lipinski definition) is 6. The molecule has 2 aromatic heterocycles. The zero-order chi connectivity index (χ0) is 21.1. The van der Waals surface area contributed by atoms with E-state index >= 15 is 0 Å². The number of hydrogen-bond donors (Lipinski definition) is 2. The number of thiophene rings is 1. The zero-order valence-corrected chi connectivity index (χ0v) is 18.8. The maximum Gasteiger partial charge on any atom is 0.259 e. The summed E-state index contributed by atoms with van der Waals surface area (Å²) < 4.78 is 5.46. The lowest BCUT2D eigenvalue weighted by molar-refractivity contribution is -0.121. The number of rotatable bonds is 8. The number of morpholine rings is 1. The van der Waals surface area contributed by atoms with Crippen molar-refractivity contribution in [3.8, 4) is 0 Å². The van der Waals surface area contributed by atoms with Gasteiger partial charge in [-0.15, -0.1) is 11.3 Å². The summed E-state index contributed by atoms with van der Waals surface area (Å²) in [6.07, 6.45) is 4.98. The molecule has 0 spiro atoms. The van der Waals surface area contributed by atoms with Gasteiger partial charge in [0, 0.05) is 43.4 Å². The number of nitrogens with one attached hydrogen (secondary N) is 2. The monoisotopic (exact) mass is 432 g/mol. The van der Waals surface area contributed by atoms with Crippen LogP contribution in [0.4, 0.5) is 0 Å². The lowest BCUT2D eigenvalue weighted by atomic mass is 10.0. The van der Waals surface area contributed by atoms with E-state index in [0.29, 0.717) is 37.2 Å². The molecule has 2 aliphatic rings. The average Bonchev–Trinajstić information content (AvgIpc) is 3.30. The van der Waals surface area contributed by atoms with Gasteiger partial charge in [-0.25, -0.2) is 4.98 Å². The van der Waals surface area contributed by atoms with Crippen LogP contribution in [0.2, 0.25) is 0 Å². The SMILES string of the molecule is CC(C)CC(CNC(=O)CCc1nc2sc3c(c2c(=O)[nH]1)CCC3)N1CCOCC1. The van der Waals surface area contributed by atoms with Crippen LogP contribution in [0, 0.1) is 5.92 Å². The van der Waals surface area contributed by atoms with Gasteiger partial charge in [-0.3, -0.25) is 14.5 Å². The van der Waals surface area contributed by atoms with E-state index in [1.54, 1.807) is 11.3 Å². The Bertz CT molecular complexity index is 946. The predicted octanol–water partition coefficient (Wildman–Crippen LogP) is 2.27. The lowest BCUT2D eigenvalue weighted by Gasteiger charge is -2.35. The fourth-order valence-corrected chi connectivity index (χ4v) is 5.85. The van der Waals surface area contributed by atoms with Crippen molar-refractivity contribution >= 4 is 27.5 Å². The van der Waals surface area contributed by atoms with E-state index in [0.717, 1.165) is 62.2 Å². The van der Waals surface area contributed by atoms with Crippen LogP contribution in [0.1, 0.15) is 49.4 Å². The van der Waals surface area contributed by atoms with Gasteiger partial charge in [0.25, 0.3) is 5.56 Å². The highest BCUT2D eigenvalue weighted by Crippen LogP contribution is 2.34. The van der Waals surface area contributed by atoms with Gasteiger partial charge in [-0.05, 0) is 37.2 Å². The Morgan fingerprint density at radius 3 is 2.87 bits per heavy atom. The molecule has 1 aliphatic heterocycles. The third kappa shape index (κ3) is 4.92. The van der Waals surface area contributed by atoms with Crippen LogP contribution < -0.4 is 10.9 Å². The Balaban J connectivity index is 1.33. The number of fused-ring (bicyclic) bond motifs is 3. The number of ether oxygens (including phenoxy) is 1. The number of carbonyl (C=O) groups is 1.